The molecule has 0 aromatic heterocycles. The van der Waals surface area contributed by atoms with Crippen molar-refractivity contribution in [2.75, 3.05) is 19.7 Å². The van der Waals surface area contributed by atoms with Crippen LogP contribution in [0.5, 0.6) is 0 Å². The molecule has 1 saturated heterocycles. The second-order valence-corrected chi connectivity index (χ2v) is 2.26. The van der Waals surface area contributed by atoms with Crippen LogP contribution >= 0.6 is 0 Å². The van der Waals surface area contributed by atoms with E-state index in [0.29, 0.717) is 0 Å². The fraction of sp³-hybridized carbons (Fsp3) is 0.800. The highest BCUT2D eigenvalue weighted by Crippen LogP contribution is 2.26. The van der Waals surface area contributed by atoms with Crippen LogP contribution in [0.25, 0.3) is 0 Å². The van der Waals surface area contributed by atoms with E-state index in [-0.39, 0.29) is 0 Å². The van der Waals surface area contributed by atoms with E-state index in [1.54, 1.807) is 0 Å². The third kappa shape index (κ3) is 1.23. The fourth-order valence-corrected chi connectivity index (χ4v) is 0.789. The largest absolute Gasteiger partial charge is 0.387 e. The summed E-state index contributed by atoms with van der Waals surface area (Å²) in [6, 6.07) is 0. The third-order valence-electron chi connectivity index (χ3n) is 1.33. The highest BCUT2D eigenvalue weighted by Gasteiger charge is 2.45. The van der Waals surface area contributed by atoms with Crippen molar-refractivity contribution in [2.45, 2.75) is 5.92 Å². The number of carbonyl (C=O) groups is 1. The van der Waals surface area contributed by atoms with Crippen LogP contribution < -0.4 is 0 Å². The third-order valence-corrected chi connectivity index (χ3v) is 1.33. The maximum atomic E-state index is 12.0. The van der Waals surface area contributed by atoms with Gasteiger partial charge in [-0.15, -0.1) is 0 Å². The van der Waals surface area contributed by atoms with Gasteiger partial charge in [0.15, 0.2) is 0 Å². The summed E-state index contributed by atoms with van der Waals surface area (Å²) in [5, 5.41) is 8.20. The molecule has 0 radical (unpaired) electrons. The molecule has 0 spiro atoms. The molecule has 0 aliphatic carbocycles. The molecule has 1 N–H and O–H groups in total. The fourth-order valence-electron chi connectivity index (χ4n) is 0.789. The lowest BCUT2D eigenvalue weighted by Gasteiger charge is -2.38. The molecule has 1 aliphatic heterocycles. The summed E-state index contributed by atoms with van der Waals surface area (Å²) in [4.78, 5) is 11.3. The van der Waals surface area contributed by atoms with Crippen LogP contribution in [0.1, 0.15) is 0 Å². The molecule has 1 rings (SSSR count). The van der Waals surface area contributed by atoms with Crippen LogP contribution in [0.4, 0.5) is 8.78 Å². The highest BCUT2D eigenvalue weighted by atomic mass is 19.3. The Bertz CT molecular complexity index is 152. The first-order chi connectivity index (χ1) is 4.55. The number of hydrogen-bond acceptors (Lipinski definition) is 2. The van der Waals surface area contributed by atoms with Gasteiger partial charge in [0, 0.05) is 0 Å². The van der Waals surface area contributed by atoms with E-state index in [0.717, 1.165) is 4.90 Å². The van der Waals surface area contributed by atoms with E-state index >= 15 is 0 Å². The number of likely N-dealkylation sites (tertiary alicyclic amines) is 1. The number of aliphatic hydroxyl groups excluding tert-OH is 1. The first-order valence-electron chi connectivity index (χ1n) is 2.82. The summed E-state index contributed by atoms with van der Waals surface area (Å²) < 4.78 is 24.0. The monoisotopic (exact) mass is 151 g/mol. The summed E-state index contributed by atoms with van der Waals surface area (Å²) in [5.41, 5.74) is 0. The zero-order valence-electron chi connectivity index (χ0n) is 5.18. The number of aliphatic hydroxyl groups is 1. The SMILES string of the molecule is O=C(CO)N1CC(F)(F)C1. The molecule has 1 heterocycles. The Labute approximate surface area is 56.2 Å². The summed E-state index contributed by atoms with van der Waals surface area (Å²) in [6.45, 7) is -1.78. The first kappa shape index (κ1) is 7.40. The van der Waals surface area contributed by atoms with E-state index in [1.807, 2.05) is 0 Å². The molecule has 1 aliphatic rings. The Morgan fingerprint density at radius 1 is 1.60 bits per heavy atom. The summed E-state index contributed by atoms with van der Waals surface area (Å²) in [5.74, 6) is -3.36. The van der Waals surface area contributed by atoms with E-state index in [2.05, 4.69) is 0 Å². The molecule has 1 fully saturated rings. The zero-order valence-corrected chi connectivity index (χ0v) is 5.18. The van der Waals surface area contributed by atoms with Crippen LogP contribution in [0, 0.1) is 0 Å². The Balaban J connectivity index is 2.33. The minimum atomic E-state index is -2.73. The standard InChI is InChI=1S/C5H7F2NO2/c6-5(7)2-8(3-5)4(10)1-9/h9H,1-3H2. The molecule has 3 nitrogen and oxygen atoms in total. The Morgan fingerprint density at radius 2 is 2.10 bits per heavy atom. The van der Waals surface area contributed by atoms with Crippen molar-refractivity contribution < 1.29 is 18.7 Å². The van der Waals surface area contributed by atoms with Gasteiger partial charge in [-0.1, -0.05) is 0 Å². The predicted octanol–water partition coefficient (Wildman–Crippen LogP) is -0.544. The van der Waals surface area contributed by atoms with Crippen molar-refractivity contribution >= 4 is 5.91 Å². The molecule has 0 unspecified atom stereocenters. The minimum absolute atomic E-state index is 0.549. The van der Waals surface area contributed by atoms with Gasteiger partial charge in [0.2, 0.25) is 5.91 Å². The van der Waals surface area contributed by atoms with Gasteiger partial charge in [-0.2, -0.15) is 0 Å². The van der Waals surface area contributed by atoms with Gasteiger partial charge < -0.3 is 10.0 Å². The Kier molecular flexibility index (Phi) is 1.60. The van der Waals surface area contributed by atoms with Crippen LogP contribution in [-0.4, -0.2) is 41.5 Å². The molecule has 0 bridgehead atoms. The topological polar surface area (TPSA) is 40.5 Å². The van der Waals surface area contributed by atoms with Gasteiger partial charge in [0.1, 0.15) is 6.61 Å². The molecule has 1 amide bonds. The number of halogens is 2. The average molecular weight is 151 g/mol. The van der Waals surface area contributed by atoms with Gasteiger partial charge in [0.25, 0.3) is 5.92 Å². The number of nitrogens with zero attached hydrogens (tertiary/aromatic N) is 1. The quantitative estimate of drug-likeness (QED) is 0.546. The molecular weight excluding hydrogens is 144 g/mol. The summed E-state index contributed by atoms with van der Waals surface area (Å²) in [6.07, 6.45) is 0. The van der Waals surface area contributed by atoms with Crippen molar-refractivity contribution in [3.63, 3.8) is 0 Å². The molecular formula is C5H7F2NO2. The lowest BCUT2D eigenvalue weighted by molar-refractivity contribution is -0.168. The van der Waals surface area contributed by atoms with Crippen molar-refractivity contribution in [1.29, 1.82) is 0 Å². The van der Waals surface area contributed by atoms with Gasteiger partial charge in [-0.05, 0) is 0 Å². The van der Waals surface area contributed by atoms with E-state index in [1.165, 1.54) is 0 Å². The van der Waals surface area contributed by atoms with Crippen LogP contribution in [0.2, 0.25) is 0 Å². The number of amides is 1. The van der Waals surface area contributed by atoms with Crippen LogP contribution in [-0.2, 0) is 4.79 Å². The van der Waals surface area contributed by atoms with Crippen LogP contribution in [0.15, 0.2) is 0 Å². The summed E-state index contributed by atoms with van der Waals surface area (Å²) >= 11 is 0. The van der Waals surface area contributed by atoms with Gasteiger partial charge in [0.05, 0.1) is 13.1 Å². The zero-order chi connectivity index (χ0) is 7.78. The lowest BCUT2D eigenvalue weighted by atomic mass is 10.1. The van der Waals surface area contributed by atoms with Crippen molar-refractivity contribution in [2.24, 2.45) is 0 Å². The van der Waals surface area contributed by atoms with E-state index in [9.17, 15) is 13.6 Å². The maximum Gasteiger partial charge on any atom is 0.282 e. The van der Waals surface area contributed by atoms with Crippen LogP contribution in [0.3, 0.4) is 0 Å². The molecule has 0 aromatic carbocycles. The van der Waals surface area contributed by atoms with E-state index in [4.69, 9.17) is 5.11 Å². The highest BCUT2D eigenvalue weighted by molar-refractivity contribution is 5.78. The lowest BCUT2D eigenvalue weighted by Crippen LogP contribution is -2.59. The van der Waals surface area contributed by atoms with Crippen molar-refractivity contribution in [3.8, 4) is 0 Å². The molecule has 58 valence electrons. The summed E-state index contributed by atoms with van der Waals surface area (Å²) in [7, 11) is 0. The first-order valence-corrected chi connectivity index (χ1v) is 2.82. The predicted molar refractivity (Wildman–Crippen MR) is 28.6 cm³/mol. The average Bonchev–Trinajstić information content (AvgIpc) is 1.81. The maximum absolute atomic E-state index is 12.0. The smallest absolute Gasteiger partial charge is 0.282 e. The minimum Gasteiger partial charge on any atom is -0.387 e. The van der Waals surface area contributed by atoms with Gasteiger partial charge >= 0.3 is 0 Å². The number of alkyl halides is 2. The molecule has 10 heavy (non-hydrogen) atoms. The number of carbonyl (C=O) groups excluding carboxylic acids is 1. The Morgan fingerprint density at radius 3 is 2.40 bits per heavy atom. The van der Waals surface area contributed by atoms with Crippen molar-refractivity contribution in [3.05, 3.63) is 0 Å². The second-order valence-electron chi connectivity index (χ2n) is 2.26. The van der Waals surface area contributed by atoms with Gasteiger partial charge in [-0.25, -0.2) is 8.78 Å². The molecule has 5 heteroatoms. The normalized spacial score (nSPS) is 22.1. The number of hydrogen-bond donors (Lipinski definition) is 1. The van der Waals surface area contributed by atoms with Crippen molar-refractivity contribution in [1.82, 2.24) is 4.90 Å². The van der Waals surface area contributed by atoms with E-state index < -0.39 is 31.5 Å². The van der Waals surface area contributed by atoms with Gasteiger partial charge in [-0.3, -0.25) is 4.79 Å². The molecule has 0 atom stereocenters. The Hall–Kier alpha value is -0.710. The second kappa shape index (κ2) is 2.16. The molecule has 0 aromatic rings. The number of rotatable bonds is 1. The molecule has 0 saturated carbocycles.